The maximum atomic E-state index is 11.3. The predicted molar refractivity (Wildman–Crippen MR) is 121 cm³/mol. The van der Waals surface area contributed by atoms with Gasteiger partial charge in [0.1, 0.15) is 51.2 Å². The monoisotopic (exact) mass is 472 g/mol. The molecule has 5 rings (SSSR count). The lowest BCUT2D eigenvalue weighted by atomic mass is 10.1. The standard InChI is InChI=1S/C20H28N10O4/c31-27(32)17-13-21-15-23-19(17)25-1-5-29(6-2-25)9-11-30(12-10-29)7-3-26(4-8-30)20-18(28(33)34)14-22-16-24-20/h13-16H,1-12H2/q+2. The van der Waals surface area contributed by atoms with Crippen LogP contribution < -0.4 is 9.80 Å². The molecule has 0 radical (unpaired) electrons. The van der Waals surface area contributed by atoms with Crippen LogP contribution in [0.1, 0.15) is 0 Å². The molecule has 0 unspecified atom stereocenters. The molecule has 34 heavy (non-hydrogen) atoms. The number of nitrogens with zero attached hydrogens (tertiary/aromatic N) is 10. The number of rotatable bonds is 4. The summed E-state index contributed by atoms with van der Waals surface area (Å²) in [6.45, 7) is 11.0. The third kappa shape index (κ3) is 4.09. The second-order valence-electron chi connectivity index (χ2n) is 9.42. The zero-order chi connectivity index (χ0) is 23.8. The molecule has 14 heteroatoms. The van der Waals surface area contributed by atoms with E-state index in [0.717, 1.165) is 87.5 Å². The van der Waals surface area contributed by atoms with E-state index in [4.69, 9.17) is 0 Å². The van der Waals surface area contributed by atoms with Gasteiger partial charge in [0.2, 0.25) is 11.6 Å². The predicted octanol–water partition coefficient (Wildman–Crippen LogP) is 0.0704. The van der Waals surface area contributed by atoms with Crippen molar-refractivity contribution in [3.05, 3.63) is 45.3 Å². The number of piperazine rings is 3. The van der Waals surface area contributed by atoms with Crippen LogP contribution in [0.5, 0.6) is 0 Å². The molecule has 2 aromatic heterocycles. The highest BCUT2D eigenvalue weighted by atomic mass is 16.6. The average Bonchev–Trinajstić information content (AvgIpc) is 2.87. The van der Waals surface area contributed by atoms with E-state index < -0.39 is 9.85 Å². The zero-order valence-corrected chi connectivity index (χ0v) is 18.9. The Hall–Kier alpha value is -3.52. The highest BCUT2D eigenvalue weighted by Crippen LogP contribution is 2.30. The smallest absolute Gasteiger partial charge is 0.329 e. The number of nitro groups is 2. The molecule has 2 spiro atoms. The largest absolute Gasteiger partial charge is 0.339 e. The van der Waals surface area contributed by atoms with Crippen LogP contribution in [0.2, 0.25) is 0 Å². The van der Waals surface area contributed by atoms with Crippen molar-refractivity contribution in [3.63, 3.8) is 0 Å². The molecule has 5 heterocycles. The lowest BCUT2D eigenvalue weighted by molar-refractivity contribution is -1.03. The summed E-state index contributed by atoms with van der Waals surface area (Å²) in [5, 5.41) is 22.7. The summed E-state index contributed by atoms with van der Waals surface area (Å²) in [6, 6.07) is 0. The van der Waals surface area contributed by atoms with E-state index in [-0.39, 0.29) is 11.4 Å². The van der Waals surface area contributed by atoms with Gasteiger partial charge >= 0.3 is 11.4 Å². The lowest BCUT2D eigenvalue weighted by Gasteiger charge is -2.54. The van der Waals surface area contributed by atoms with E-state index in [1.807, 2.05) is 9.80 Å². The molecule has 0 N–H and O–H groups in total. The van der Waals surface area contributed by atoms with Crippen LogP contribution in [0, 0.1) is 20.2 Å². The summed E-state index contributed by atoms with van der Waals surface area (Å²) in [7, 11) is 0. The Bertz CT molecular complexity index is 985. The van der Waals surface area contributed by atoms with E-state index in [1.54, 1.807) is 0 Å². The van der Waals surface area contributed by atoms with Gasteiger partial charge in [0, 0.05) is 0 Å². The van der Waals surface area contributed by atoms with Gasteiger partial charge < -0.3 is 18.8 Å². The molecule has 0 bridgehead atoms. The third-order valence-electron chi connectivity index (χ3n) is 7.81. The second-order valence-corrected chi connectivity index (χ2v) is 9.42. The maximum Gasteiger partial charge on any atom is 0.329 e. The van der Waals surface area contributed by atoms with Crippen LogP contribution >= 0.6 is 0 Å². The number of quaternary nitrogens is 2. The SMILES string of the molecule is O=[N+]([O-])c1cncnc1N1CC[N+]2(CC1)CC[N+]1(CCN(c3ncncc3[N+](=O)[O-])CC1)CC2. The minimum absolute atomic E-state index is 0.0408. The van der Waals surface area contributed by atoms with Gasteiger partial charge in [-0.1, -0.05) is 0 Å². The lowest BCUT2D eigenvalue weighted by Crippen LogP contribution is -2.73. The first-order chi connectivity index (χ1) is 16.4. The highest BCUT2D eigenvalue weighted by molar-refractivity contribution is 5.56. The number of hydrogen-bond acceptors (Lipinski definition) is 10. The minimum atomic E-state index is -0.418. The van der Waals surface area contributed by atoms with Gasteiger partial charge in [0.05, 0.1) is 62.2 Å². The van der Waals surface area contributed by atoms with E-state index in [1.165, 1.54) is 25.0 Å². The van der Waals surface area contributed by atoms with Crippen molar-refractivity contribution in [2.24, 2.45) is 0 Å². The summed E-state index contributed by atoms with van der Waals surface area (Å²) < 4.78 is 2.08. The minimum Gasteiger partial charge on any atom is -0.339 e. The Balaban J connectivity index is 1.18. The van der Waals surface area contributed by atoms with Crippen LogP contribution in [-0.2, 0) is 0 Å². The molecule has 3 saturated heterocycles. The van der Waals surface area contributed by atoms with Crippen molar-refractivity contribution in [1.29, 1.82) is 0 Å². The molecule has 180 valence electrons. The molecule has 3 aliphatic rings. The van der Waals surface area contributed by atoms with Crippen molar-refractivity contribution in [2.45, 2.75) is 0 Å². The molecule has 3 fully saturated rings. The fourth-order valence-electron chi connectivity index (χ4n) is 5.55. The summed E-state index contributed by atoms with van der Waals surface area (Å²) >= 11 is 0. The van der Waals surface area contributed by atoms with Gasteiger partial charge in [-0.25, -0.2) is 19.9 Å². The Labute approximate surface area is 195 Å². The fourth-order valence-corrected chi connectivity index (χ4v) is 5.55. The summed E-state index contributed by atoms with van der Waals surface area (Å²) in [4.78, 5) is 41.8. The fraction of sp³-hybridized carbons (Fsp3) is 0.600. The van der Waals surface area contributed by atoms with Gasteiger partial charge in [0.15, 0.2) is 0 Å². The Kier molecular flexibility index (Phi) is 5.69. The van der Waals surface area contributed by atoms with Crippen LogP contribution in [-0.4, -0.2) is 117 Å². The third-order valence-corrected chi connectivity index (χ3v) is 7.81. The molecule has 0 aromatic carbocycles. The second kappa shape index (κ2) is 8.68. The van der Waals surface area contributed by atoms with Crippen LogP contribution in [0.3, 0.4) is 0 Å². The molecule has 0 atom stereocenters. The Morgan fingerprint density at radius 3 is 1.32 bits per heavy atom. The quantitative estimate of drug-likeness (QED) is 0.340. The topological polar surface area (TPSA) is 144 Å². The summed E-state index contributed by atoms with van der Waals surface area (Å²) in [5.41, 5.74) is -0.0817. The number of aromatic nitrogens is 4. The molecule has 3 aliphatic heterocycles. The zero-order valence-electron chi connectivity index (χ0n) is 18.9. The van der Waals surface area contributed by atoms with Crippen LogP contribution in [0.15, 0.2) is 25.0 Å². The molecule has 14 nitrogen and oxygen atoms in total. The molecule has 0 saturated carbocycles. The van der Waals surface area contributed by atoms with E-state index in [9.17, 15) is 20.2 Å². The van der Waals surface area contributed by atoms with Gasteiger partial charge in [-0.15, -0.1) is 0 Å². The maximum absolute atomic E-state index is 11.3. The first-order valence-corrected chi connectivity index (χ1v) is 11.5. The average molecular weight is 473 g/mol. The van der Waals surface area contributed by atoms with E-state index >= 15 is 0 Å². The molecular weight excluding hydrogens is 444 g/mol. The summed E-state index contributed by atoms with van der Waals surface area (Å²) in [6.07, 6.45) is 5.27. The van der Waals surface area contributed by atoms with Crippen LogP contribution in [0.4, 0.5) is 23.0 Å². The first kappa shape index (κ1) is 22.3. The van der Waals surface area contributed by atoms with Gasteiger partial charge in [-0.3, -0.25) is 20.2 Å². The molecular formula is C20H28N10O4+2. The van der Waals surface area contributed by atoms with Crippen molar-refractivity contribution < 1.29 is 18.8 Å². The van der Waals surface area contributed by atoms with Crippen molar-refractivity contribution in [2.75, 3.05) is 88.3 Å². The van der Waals surface area contributed by atoms with Crippen LogP contribution in [0.25, 0.3) is 0 Å². The Morgan fingerprint density at radius 2 is 1.00 bits per heavy atom. The van der Waals surface area contributed by atoms with Gasteiger partial charge in [-0.05, 0) is 0 Å². The van der Waals surface area contributed by atoms with Crippen molar-refractivity contribution in [3.8, 4) is 0 Å². The highest BCUT2D eigenvalue weighted by Gasteiger charge is 2.46. The summed E-state index contributed by atoms with van der Waals surface area (Å²) in [5.74, 6) is 0.821. The van der Waals surface area contributed by atoms with Crippen molar-refractivity contribution in [1.82, 2.24) is 19.9 Å². The number of anilines is 2. The number of hydrogen-bond donors (Lipinski definition) is 0. The van der Waals surface area contributed by atoms with E-state index in [0.29, 0.717) is 11.6 Å². The Morgan fingerprint density at radius 1 is 0.647 bits per heavy atom. The molecule has 2 aromatic rings. The molecule has 0 aliphatic carbocycles. The molecule has 0 amide bonds. The van der Waals surface area contributed by atoms with Gasteiger partial charge in [0.25, 0.3) is 0 Å². The normalized spacial score (nSPS) is 21.5. The van der Waals surface area contributed by atoms with Gasteiger partial charge in [-0.2, -0.15) is 0 Å². The van der Waals surface area contributed by atoms with E-state index in [2.05, 4.69) is 19.9 Å². The first-order valence-electron chi connectivity index (χ1n) is 11.5. The van der Waals surface area contributed by atoms with Crippen molar-refractivity contribution >= 4 is 23.0 Å².